The number of carbonyl (C=O) groups is 1. The summed E-state index contributed by atoms with van der Waals surface area (Å²) in [5.74, 6) is 0.317. The van der Waals surface area contributed by atoms with Gasteiger partial charge in [0.25, 0.3) is 0 Å². The third kappa shape index (κ3) is 4.88. The first-order valence-electron chi connectivity index (χ1n) is 8.56. The molecule has 5 nitrogen and oxygen atoms in total. The van der Waals surface area contributed by atoms with E-state index < -0.39 is 5.60 Å². The number of benzene rings is 1. The zero-order valence-corrected chi connectivity index (χ0v) is 17.1. The molecule has 0 N–H and O–H groups in total. The Morgan fingerprint density at radius 2 is 2.04 bits per heavy atom. The van der Waals surface area contributed by atoms with E-state index in [1.165, 1.54) is 0 Å². The Balaban J connectivity index is 2.17. The van der Waals surface area contributed by atoms with Gasteiger partial charge in [-0.15, -0.1) is 0 Å². The average Bonchev–Trinajstić information content (AvgIpc) is 2.52. The number of carbonyl (C=O) groups excluding carboxylic acids is 1. The average molecular weight is 408 g/mol. The van der Waals surface area contributed by atoms with Crippen LogP contribution in [0.1, 0.15) is 40.2 Å². The second-order valence-corrected chi connectivity index (χ2v) is 8.56. The fraction of sp³-hybridized carbons (Fsp3) is 0.579. The number of rotatable bonds is 2. The molecule has 0 unspecified atom stereocenters. The van der Waals surface area contributed by atoms with E-state index in [0.717, 1.165) is 23.2 Å². The lowest BCUT2D eigenvalue weighted by molar-refractivity contribution is 0.00883. The first-order chi connectivity index (χ1) is 11.6. The molecule has 0 saturated carbocycles. The highest BCUT2D eigenvalue weighted by molar-refractivity contribution is 9.10. The molecule has 1 saturated heterocycles. The smallest absolute Gasteiger partial charge is 0.410 e. The van der Waals surface area contributed by atoms with Crippen LogP contribution in [-0.4, -0.2) is 42.3 Å². The van der Waals surface area contributed by atoms with E-state index in [2.05, 4.69) is 40.7 Å². The van der Waals surface area contributed by atoms with Gasteiger partial charge in [0.15, 0.2) is 0 Å². The van der Waals surface area contributed by atoms with Gasteiger partial charge in [-0.2, -0.15) is 5.26 Å². The number of anilines is 1. The number of hydrogen-bond acceptors (Lipinski definition) is 4. The fourth-order valence-electron chi connectivity index (χ4n) is 2.95. The maximum atomic E-state index is 12.6. The Kier molecular flexibility index (Phi) is 5.99. The molecule has 1 atom stereocenters. The Morgan fingerprint density at radius 3 is 2.56 bits per heavy atom. The maximum absolute atomic E-state index is 12.6. The highest BCUT2D eigenvalue weighted by Crippen LogP contribution is 2.28. The van der Waals surface area contributed by atoms with Crippen LogP contribution in [0, 0.1) is 17.2 Å². The molecule has 1 heterocycles. The van der Waals surface area contributed by atoms with E-state index in [1.807, 2.05) is 43.9 Å². The van der Waals surface area contributed by atoms with Gasteiger partial charge in [0.1, 0.15) is 11.7 Å². The third-order valence-electron chi connectivity index (χ3n) is 4.25. The van der Waals surface area contributed by atoms with Crippen LogP contribution >= 0.6 is 15.9 Å². The maximum Gasteiger partial charge on any atom is 0.410 e. The zero-order chi connectivity index (χ0) is 18.8. The van der Waals surface area contributed by atoms with Crippen LogP contribution in [0.2, 0.25) is 0 Å². The van der Waals surface area contributed by atoms with Gasteiger partial charge < -0.3 is 14.5 Å². The first kappa shape index (κ1) is 19.6. The summed E-state index contributed by atoms with van der Waals surface area (Å²) < 4.78 is 6.37. The number of hydrogen-bond donors (Lipinski definition) is 0. The molecule has 136 valence electrons. The van der Waals surface area contributed by atoms with E-state index in [0.29, 0.717) is 18.0 Å². The summed E-state index contributed by atoms with van der Waals surface area (Å²) in [5, 5.41) is 9.07. The van der Waals surface area contributed by atoms with Crippen molar-refractivity contribution in [2.24, 2.45) is 5.92 Å². The van der Waals surface area contributed by atoms with Crippen molar-refractivity contribution in [3.05, 3.63) is 28.2 Å². The molecule has 0 spiro atoms. The van der Waals surface area contributed by atoms with Crippen molar-refractivity contribution in [1.29, 1.82) is 5.26 Å². The van der Waals surface area contributed by atoms with Crippen molar-refractivity contribution in [3.63, 3.8) is 0 Å². The molecule has 1 aromatic rings. The molecule has 6 heteroatoms. The van der Waals surface area contributed by atoms with E-state index in [4.69, 9.17) is 10.00 Å². The highest BCUT2D eigenvalue weighted by Gasteiger charge is 2.35. The summed E-state index contributed by atoms with van der Waals surface area (Å²) in [4.78, 5) is 16.7. The summed E-state index contributed by atoms with van der Waals surface area (Å²) in [6.07, 6.45) is -0.244. The zero-order valence-electron chi connectivity index (χ0n) is 15.5. The largest absolute Gasteiger partial charge is 0.444 e. The number of nitriles is 1. The van der Waals surface area contributed by atoms with E-state index in [-0.39, 0.29) is 12.1 Å². The SMILES string of the molecule is CC(C)[C@@H]1CN(c2ccc(C#N)c(Br)c2)CCN1C(=O)OC(C)(C)C. The van der Waals surface area contributed by atoms with Gasteiger partial charge in [-0.3, -0.25) is 0 Å². The minimum atomic E-state index is -0.492. The highest BCUT2D eigenvalue weighted by atomic mass is 79.9. The summed E-state index contributed by atoms with van der Waals surface area (Å²) in [6, 6.07) is 8.00. The Morgan fingerprint density at radius 1 is 1.36 bits per heavy atom. The van der Waals surface area contributed by atoms with Gasteiger partial charge in [-0.05, 0) is 60.8 Å². The van der Waals surface area contributed by atoms with E-state index >= 15 is 0 Å². The second-order valence-electron chi connectivity index (χ2n) is 7.71. The van der Waals surface area contributed by atoms with Gasteiger partial charge in [-0.25, -0.2) is 4.79 Å². The number of nitrogens with zero attached hydrogens (tertiary/aromatic N) is 3. The quantitative estimate of drug-likeness (QED) is 0.728. The van der Waals surface area contributed by atoms with Crippen LogP contribution < -0.4 is 4.90 Å². The molecular formula is C19H26BrN3O2. The van der Waals surface area contributed by atoms with Crippen LogP contribution in [0.15, 0.2) is 22.7 Å². The van der Waals surface area contributed by atoms with Crippen LogP contribution in [0.25, 0.3) is 0 Å². The lowest BCUT2D eigenvalue weighted by Gasteiger charge is -2.44. The number of piperazine rings is 1. The van der Waals surface area contributed by atoms with Crippen molar-refractivity contribution in [1.82, 2.24) is 4.90 Å². The minimum Gasteiger partial charge on any atom is -0.444 e. The summed E-state index contributed by atoms with van der Waals surface area (Å²) >= 11 is 3.45. The Hall–Kier alpha value is -1.74. The number of ether oxygens (including phenoxy) is 1. The summed E-state index contributed by atoms with van der Waals surface area (Å²) in [7, 11) is 0. The van der Waals surface area contributed by atoms with Crippen LogP contribution in [0.5, 0.6) is 0 Å². The van der Waals surface area contributed by atoms with Gasteiger partial charge >= 0.3 is 6.09 Å². The predicted molar refractivity (Wildman–Crippen MR) is 103 cm³/mol. The number of halogens is 1. The normalized spacial score (nSPS) is 18.2. The van der Waals surface area contributed by atoms with E-state index in [1.54, 1.807) is 0 Å². The van der Waals surface area contributed by atoms with Gasteiger partial charge in [0.2, 0.25) is 0 Å². The molecule has 1 amide bonds. The molecule has 2 rings (SSSR count). The topological polar surface area (TPSA) is 56.6 Å². The van der Waals surface area contributed by atoms with Crippen LogP contribution in [-0.2, 0) is 4.74 Å². The Labute approximate surface area is 158 Å². The second kappa shape index (κ2) is 7.65. The molecule has 0 bridgehead atoms. The van der Waals surface area contributed by atoms with Crippen LogP contribution in [0.4, 0.5) is 10.5 Å². The van der Waals surface area contributed by atoms with Crippen molar-refractivity contribution in [2.75, 3.05) is 24.5 Å². The van der Waals surface area contributed by atoms with Crippen molar-refractivity contribution in [3.8, 4) is 6.07 Å². The number of amides is 1. The van der Waals surface area contributed by atoms with Gasteiger partial charge in [0.05, 0.1) is 11.6 Å². The van der Waals surface area contributed by atoms with Gasteiger partial charge in [-0.1, -0.05) is 13.8 Å². The van der Waals surface area contributed by atoms with E-state index in [9.17, 15) is 4.79 Å². The molecule has 0 radical (unpaired) electrons. The minimum absolute atomic E-state index is 0.0815. The molecule has 1 fully saturated rings. The standard InChI is InChI=1S/C19H26BrN3O2/c1-13(2)17-12-22(15-7-6-14(11-21)16(20)10-15)8-9-23(17)18(24)25-19(3,4)5/h6-7,10,13,17H,8-9,12H2,1-5H3/t17-/m0/s1. The van der Waals surface area contributed by atoms with Crippen LogP contribution in [0.3, 0.4) is 0 Å². The van der Waals surface area contributed by atoms with Gasteiger partial charge in [0, 0.05) is 29.8 Å². The predicted octanol–water partition coefficient (Wildman–Crippen LogP) is 4.40. The molecule has 0 aliphatic carbocycles. The molecule has 1 aliphatic heterocycles. The summed E-state index contributed by atoms with van der Waals surface area (Å²) in [5.41, 5.74) is 1.19. The van der Waals surface area contributed by atoms with Crippen molar-refractivity contribution >= 4 is 27.7 Å². The molecular weight excluding hydrogens is 382 g/mol. The van der Waals surface area contributed by atoms with Crippen molar-refractivity contribution < 1.29 is 9.53 Å². The molecule has 1 aliphatic rings. The molecule has 1 aromatic carbocycles. The fourth-order valence-corrected chi connectivity index (χ4v) is 3.41. The Bertz CT molecular complexity index is 676. The third-order valence-corrected chi connectivity index (χ3v) is 4.91. The first-order valence-corrected chi connectivity index (χ1v) is 9.36. The molecule has 25 heavy (non-hydrogen) atoms. The monoisotopic (exact) mass is 407 g/mol. The molecule has 0 aromatic heterocycles. The summed E-state index contributed by atoms with van der Waals surface area (Å²) in [6.45, 7) is 12.0. The lowest BCUT2D eigenvalue weighted by Crippen LogP contribution is -2.58. The van der Waals surface area contributed by atoms with Crippen molar-refractivity contribution in [2.45, 2.75) is 46.3 Å². The lowest BCUT2D eigenvalue weighted by atomic mass is 9.99.